The molecule has 0 bridgehead atoms. The van der Waals surface area contributed by atoms with Gasteiger partial charge in [0.25, 0.3) is 0 Å². The molecule has 0 radical (unpaired) electrons. The van der Waals surface area contributed by atoms with E-state index < -0.39 is 0 Å². The minimum absolute atomic E-state index is 0.779. The van der Waals surface area contributed by atoms with Crippen LogP contribution >= 0.6 is 0 Å². The van der Waals surface area contributed by atoms with Crippen molar-refractivity contribution in [1.29, 1.82) is 0 Å². The summed E-state index contributed by atoms with van der Waals surface area (Å²) in [6.07, 6.45) is 5.45. The normalized spacial score (nSPS) is 28.1. The van der Waals surface area contributed by atoms with E-state index in [-0.39, 0.29) is 0 Å². The Morgan fingerprint density at radius 3 is 2.53 bits per heavy atom. The molecule has 0 amide bonds. The second-order valence-electron chi connectivity index (χ2n) is 6.57. The van der Waals surface area contributed by atoms with Crippen LogP contribution in [0.25, 0.3) is 0 Å². The molecule has 0 spiro atoms. The highest BCUT2D eigenvalue weighted by molar-refractivity contribution is 4.81. The number of nitrogens with two attached hydrogens (primary N) is 1. The summed E-state index contributed by atoms with van der Waals surface area (Å²) >= 11 is 0. The molecule has 19 heavy (non-hydrogen) atoms. The van der Waals surface area contributed by atoms with Crippen LogP contribution in [0.2, 0.25) is 0 Å². The molecule has 2 fully saturated rings. The molecule has 1 unspecified atom stereocenters. The van der Waals surface area contributed by atoms with Gasteiger partial charge in [-0.05, 0) is 65.3 Å². The summed E-state index contributed by atoms with van der Waals surface area (Å²) in [5, 5.41) is 0. The Bertz CT molecular complexity index is 251. The fraction of sp³-hybridized carbons (Fsp3) is 1.00. The van der Waals surface area contributed by atoms with E-state index in [4.69, 9.17) is 5.73 Å². The van der Waals surface area contributed by atoms with E-state index in [0.717, 1.165) is 25.0 Å². The summed E-state index contributed by atoms with van der Waals surface area (Å²) in [6.45, 7) is 8.20. The van der Waals surface area contributed by atoms with E-state index in [0.29, 0.717) is 0 Å². The van der Waals surface area contributed by atoms with Crippen LogP contribution in [-0.2, 0) is 0 Å². The molecule has 2 rings (SSSR count). The summed E-state index contributed by atoms with van der Waals surface area (Å²) in [5.41, 5.74) is 5.63. The SMILES string of the molecule is CN1CCCC(N(C)CC2CCN(CCN)CC2)C1. The standard InChI is InChI=1S/C15H32N4/c1-17-8-3-4-15(13-17)18(2)12-14-5-9-19(10-6-14)11-7-16/h14-15H,3-13,16H2,1-2H3. The molecule has 4 heteroatoms. The zero-order valence-corrected chi connectivity index (χ0v) is 12.9. The van der Waals surface area contributed by atoms with Gasteiger partial charge in [-0.15, -0.1) is 0 Å². The lowest BCUT2D eigenvalue weighted by molar-refractivity contribution is 0.0977. The maximum atomic E-state index is 5.63. The van der Waals surface area contributed by atoms with Gasteiger partial charge in [0, 0.05) is 32.2 Å². The van der Waals surface area contributed by atoms with E-state index in [1.165, 1.54) is 58.4 Å². The topological polar surface area (TPSA) is 35.7 Å². The lowest BCUT2D eigenvalue weighted by atomic mass is 9.95. The number of hydrogen-bond acceptors (Lipinski definition) is 4. The molecule has 2 aliphatic heterocycles. The first-order valence-electron chi connectivity index (χ1n) is 8.00. The number of likely N-dealkylation sites (N-methyl/N-ethyl adjacent to an activating group) is 2. The van der Waals surface area contributed by atoms with Crippen molar-refractivity contribution in [3.05, 3.63) is 0 Å². The van der Waals surface area contributed by atoms with Gasteiger partial charge < -0.3 is 20.4 Å². The van der Waals surface area contributed by atoms with Crippen molar-refractivity contribution < 1.29 is 0 Å². The first-order valence-corrected chi connectivity index (χ1v) is 8.00. The lowest BCUT2D eigenvalue weighted by Gasteiger charge is -2.39. The molecule has 0 saturated carbocycles. The second kappa shape index (κ2) is 7.58. The van der Waals surface area contributed by atoms with Gasteiger partial charge >= 0.3 is 0 Å². The quantitative estimate of drug-likeness (QED) is 0.795. The summed E-state index contributed by atoms with van der Waals surface area (Å²) < 4.78 is 0. The Kier molecular flexibility index (Phi) is 6.07. The highest BCUT2D eigenvalue weighted by atomic mass is 15.2. The Hall–Kier alpha value is -0.160. The van der Waals surface area contributed by atoms with E-state index in [1.807, 2.05) is 0 Å². The van der Waals surface area contributed by atoms with Crippen LogP contribution in [0, 0.1) is 5.92 Å². The van der Waals surface area contributed by atoms with E-state index in [9.17, 15) is 0 Å². The summed E-state index contributed by atoms with van der Waals surface area (Å²) in [7, 11) is 4.58. The second-order valence-corrected chi connectivity index (χ2v) is 6.57. The van der Waals surface area contributed by atoms with Gasteiger partial charge in [-0.25, -0.2) is 0 Å². The molecule has 0 aliphatic carbocycles. The molecule has 112 valence electrons. The van der Waals surface area contributed by atoms with Gasteiger partial charge in [0.15, 0.2) is 0 Å². The molecule has 4 nitrogen and oxygen atoms in total. The van der Waals surface area contributed by atoms with Crippen LogP contribution in [0.1, 0.15) is 25.7 Å². The van der Waals surface area contributed by atoms with Gasteiger partial charge in [-0.3, -0.25) is 0 Å². The van der Waals surface area contributed by atoms with Crippen molar-refractivity contribution in [2.24, 2.45) is 11.7 Å². The summed E-state index contributed by atoms with van der Waals surface area (Å²) in [4.78, 5) is 7.62. The summed E-state index contributed by atoms with van der Waals surface area (Å²) in [6, 6.07) is 0.779. The number of piperidine rings is 2. The molecular weight excluding hydrogens is 236 g/mol. The summed E-state index contributed by atoms with van der Waals surface area (Å²) in [5.74, 6) is 0.895. The van der Waals surface area contributed by atoms with Crippen LogP contribution in [-0.4, -0.2) is 80.7 Å². The van der Waals surface area contributed by atoms with Crippen molar-refractivity contribution in [3.63, 3.8) is 0 Å². The van der Waals surface area contributed by atoms with Crippen LogP contribution in [0.4, 0.5) is 0 Å². The van der Waals surface area contributed by atoms with Gasteiger partial charge in [0.05, 0.1) is 0 Å². The first kappa shape index (κ1) is 15.2. The zero-order chi connectivity index (χ0) is 13.7. The van der Waals surface area contributed by atoms with Crippen molar-refractivity contribution in [3.8, 4) is 0 Å². The van der Waals surface area contributed by atoms with Crippen molar-refractivity contribution in [2.75, 3.05) is 59.9 Å². The van der Waals surface area contributed by atoms with E-state index in [2.05, 4.69) is 28.8 Å². The Morgan fingerprint density at radius 1 is 1.16 bits per heavy atom. The smallest absolute Gasteiger partial charge is 0.0220 e. The van der Waals surface area contributed by atoms with Gasteiger partial charge in [0.2, 0.25) is 0 Å². The monoisotopic (exact) mass is 268 g/mol. The van der Waals surface area contributed by atoms with Crippen molar-refractivity contribution in [1.82, 2.24) is 14.7 Å². The highest BCUT2D eigenvalue weighted by Crippen LogP contribution is 2.20. The number of hydrogen-bond donors (Lipinski definition) is 1. The molecule has 0 aromatic heterocycles. The zero-order valence-electron chi connectivity index (χ0n) is 12.9. The molecule has 1 atom stereocenters. The van der Waals surface area contributed by atoms with Gasteiger partial charge in [-0.2, -0.15) is 0 Å². The largest absolute Gasteiger partial charge is 0.329 e. The van der Waals surface area contributed by atoms with Crippen molar-refractivity contribution in [2.45, 2.75) is 31.7 Å². The first-order chi connectivity index (χ1) is 9.19. The van der Waals surface area contributed by atoms with Gasteiger partial charge in [-0.1, -0.05) is 0 Å². The molecule has 2 saturated heterocycles. The maximum absolute atomic E-state index is 5.63. The Labute approximate surface area is 118 Å². The molecule has 2 aliphatic rings. The molecular formula is C15H32N4. The third-order valence-corrected chi connectivity index (χ3v) is 4.92. The van der Waals surface area contributed by atoms with Crippen LogP contribution < -0.4 is 5.73 Å². The van der Waals surface area contributed by atoms with Crippen LogP contribution in [0.3, 0.4) is 0 Å². The predicted octanol–water partition coefficient (Wildman–Crippen LogP) is 0.683. The van der Waals surface area contributed by atoms with Gasteiger partial charge in [0.1, 0.15) is 0 Å². The Morgan fingerprint density at radius 2 is 1.89 bits per heavy atom. The van der Waals surface area contributed by atoms with Crippen molar-refractivity contribution >= 4 is 0 Å². The number of rotatable bonds is 5. The van der Waals surface area contributed by atoms with E-state index in [1.54, 1.807) is 0 Å². The predicted molar refractivity (Wildman–Crippen MR) is 81.4 cm³/mol. The number of nitrogens with zero attached hydrogens (tertiary/aromatic N) is 3. The Balaban J connectivity index is 1.69. The molecule has 2 N–H and O–H groups in total. The van der Waals surface area contributed by atoms with Crippen LogP contribution in [0.5, 0.6) is 0 Å². The third kappa shape index (κ3) is 4.71. The maximum Gasteiger partial charge on any atom is 0.0220 e. The fourth-order valence-electron chi connectivity index (χ4n) is 3.63. The van der Waals surface area contributed by atoms with Crippen LogP contribution in [0.15, 0.2) is 0 Å². The lowest BCUT2D eigenvalue weighted by Crippen LogP contribution is -2.47. The highest BCUT2D eigenvalue weighted by Gasteiger charge is 2.25. The average Bonchev–Trinajstić information content (AvgIpc) is 2.41. The molecule has 2 heterocycles. The van der Waals surface area contributed by atoms with E-state index >= 15 is 0 Å². The fourth-order valence-corrected chi connectivity index (χ4v) is 3.63. The third-order valence-electron chi connectivity index (χ3n) is 4.92. The minimum atomic E-state index is 0.779. The number of likely N-dealkylation sites (tertiary alicyclic amines) is 2. The molecule has 0 aromatic rings. The minimum Gasteiger partial charge on any atom is -0.329 e. The molecule has 0 aromatic carbocycles. The average molecular weight is 268 g/mol.